The molecule has 7 nitrogen and oxygen atoms in total. The number of carboxylic acid groups (broad SMARTS) is 1. The number of aryl methyl sites for hydroxylation is 2. The Balaban J connectivity index is 1.56. The van der Waals surface area contributed by atoms with Crippen molar-refractivity contribution in [2.75, 3.05) is 4.90 Å². The van der Waals surface area contributed by atoms with Crippen molar-refractivity contribution in [3.8, 4) is 5.75 Å². The first-order valence-corrected chi connectivity index (χ1v) is 9.42. The van der Waals surface area contributed by atoms with Crippen molar-refractivity contribution in [1.29, 1.82) is 0 Å². The molecule has 31 heavy (non-hydrogen) atoms. The van der Waals surface area contributed by atoms with Crippen LogP contribution < -0.4 is 9.64 Å². The van der Waals surface area contributed by atoms with Crippen LogP contribution in [0.25, 0.3) is 0 Å². The Morgan fingerprint density at radius 1 is 0.774 bits per heavy atom. The molecule has 0 radical (unpaired) electrons. The second-order valence-corrected chi connectivity index (χ2v) is 7.19. The van der Waals surface area contributed by atoms with Gasteiger partial charge in [0.25, 0.3) is 11.8 Å². The number of imide groups is 1. The molecule has 0 atom stereocenters. The van der Waals surface area contributed by atoms with E-state index in [9.17, 15) is 19.2 Å². The van der Waals surface area contributed by atoms with Crippen LogP contribution in [0, 0.1) is 13.8 Å². The summed E-state index contributed by atoms with van der Waals surface area (Å²) in [5.41, 5.74) is 2.69. The first-order chi connectivity index (χ1) is 14.8. The van der Waals surface area contributed by atoms with E-state index in [2.05, 4.69) is 0 Å². The summed E-state index contributed by atoms with van der Waals surface area (Å²) in [6.07, 6.45) is 0. The molecule has 7 heteroatoms. The number of carbonyl (C=O) groups excluding carboxylic acids is 3. The molecule has 2 amide bonds. The first kappa shape index (κ1) is 20.0. The summed E-state index contributed by atoms with van der Waals surface area (Å²) in [6, 6.07) is 15.0. The molecule has 1 aliphatic heterocycles. The summed E-state index contributed by atoms with van der Waals surface area (Å²) >= 11 is 0. The van der Waals surface area contributed by atoms with E-state index in [1.54, 1.807) is 12.1 Å². The number of esters is 1. The fourth-order valence-corrected chi connectivity index (χ4v) is 3.30. The molecule has 1 heterocycles. The number of fused-ring (bicyclic) bond motifs is 1. The Morgan fingerprint density at radius 2 is 1.42 bits per heavy atom. The van der Waals surface area contributed by atoms with Crippen LogP contribution in [0.15, 0.2) is 60.7 Å². The Bertz CT molecular complexity index is 1260. The van der Waals surface area contributed by atoms with Crippen LogP contribution in [0.4, 0.5) is 5.69 Å². The molecule has 1 N–H and O–H groups in total. The lowest BCUT2D eigenvalue weighted by Gasteiger charge is -2.14. The monoisotopic (exact) mass is 415 g/mol. The molecule has 0 saturated carbocycles. The van der Waals surface area contributed by atoms with E-state index in [4.69, 9.17) is 9.84 Å². The van der Waals surface area contributed by atoms with Gasteiger partial charge in [-0.2, -0.15) is 0 Å². The number of nitrogens with zero attached hydrogens (tertiary/aromatic N) is 1. The van der Waals surface area contributed by atoms with Gasteiger partial charge in [0.05, 0.1) is 27.9 Å². The third-order valence-corrected chi connectivity index (χ3v) is 5.18. The Morgan fingerprint density at radius 3 is 2.06 bits per heavy atom. The van der Waals surface area contributed by atoms with E-state index in [1.807, 2.05) is 19.9 Å². The third kappa shape index (κ3) is 3.57. The topological polar surface area (TPSA) is 101 Å². The van der Waals surface area contributed by atoms with Gasteiger partial charge in [0, 0.05) is 0 Å². The van der Waals surface area contributed by atoms with Crippen LogP contribution in [-0.2, 0) is 0 Å². The zero-order valence-corrected chi connectivity index (χ0v) is 16.7. The van der Waals surface area contributed by atoms with E-state index >= 15 is 0 Å². The van der Waals surface area contributed by atoms with Crippen molar-refractivity contribution in [2.45, 2.75) is 13.8 Å². The molecule has 1 aliphatic rings. The smallest absolute Gasteiger partial charge is 0.343 e. The minimum Gasteiger partial charge on any atom is -0.478 e. The fourth-order valence-electron chi connectivity index (χ4n) is 3.30. The zero-order chi connectivity index (χ0) is 22.3. The Kier molecular flexibility index (Phi) is 4.87. The van der Waals surface area contributed by atoms with E-state index in [1.165, 1.54) is 42.5 Å². The maximum atomic E-state index is 12.7. The lowest BCUT2D eigenvalue weighted by Crippen LogP contribution is -2.29. The van der Waals surface area contributed by atoms with E-state index < -0.39 is 23.8 Å². The molecule has 0 fully saturated rings. The van der Waals surface area contributed by atoms with Gasteiger partial charge in [0.2, 0.25) is 0 Å². The number of hydrogen-bond acceptors (Lipinski definition) is 5. The largest absolute Gasteiger partial charge is 0.478 e. The number of amides is 2. The van der Waals surface area contributed by atoms with Gasteiger partial charge in [0.1, 0.15) is 5.75 Å². The number of carboxylic acids is 1. The fraction of sp³-hybridized carbons (Fsp3) is 0.0833. The van der Waals surface area contributed by atoms with Crippen LogP contribution in [0.1, 0.15) is 52.6 Å². The SMILES string of the molecule is Cc1ccc(OC(=O)c2ccc(N3C(=O)c4ccc(C(=O)O)cc4C3=O)cc2)cc1C. The van der Waals surface area contributed by atoms with Crippen molar-refractivity contribution in [3.63, 3.8) is 0 Å². The normalized spacial score (nSPS) is 12.6. The lowest BCUT2D eigenvalue weighted by atomic mass is 10.1. The molecule has 3 aromatic rings. The standard InChI is InChI=1S/C24H17NO6/c1-13-3-9-18(11-14(13)2)31-24(30)15-4-7-17(8-5-15)25-21(26)19-10-6-16(23(28)29)12-20(19)22(25)27/h3-12H,1-2H3,(H,28,29). The van der Waals surface area contributed by atoms with Crippen LogP contribution in [0.5, 0.6) is 5.75 Å². The number of rotatable bonds is 4. The average molecular weight is 415 g/mol. The average Bonchev–Trinajstić information content (AvgIpc) is 3.00. The predicted molar refractivity (Wildman–Crippen MR) is 112 cm³/mol. The summed E-state index contributed by atoms with van der Waals surface area (Å²) in [5.74, 6) is -2.50. The summed E-state index contributed by atoms with van der Waals surface area (Å²) in [7, 11) is 0. The molecule has 0 saturated heterocycles. The third-order valence-electron chi connectivity index (χ3n) is 5.18. The van der Waals surface area contributed by atoms with Crippen LogP contribution in [0.3, 0.4) is 0 Å². The van der Waals surface area contributed by atoms with Gasteiger partial charge >= 0.3 is 11.9 Å². The van der Waals surface area contributed by atoms with Crippen molar-refractivity contribution < 1.29 is 29.0 Å². The molecule has 0 aliphatic carbocycles. The first-order valence-electron chi connectivity index (χ1n) is 9.42. The summed E-state index contributed by atoms with van der Waals surface area (Å²) in [6.45, 7) is 3.88. The van der Waals surface area contributed by atoms with Crippen molar-refractivity contribution in [1.82, 2.24) is 0 Å². The zero-order valence-electron chi connectivity index (χ0n) is 16.7. The molecule has 0 spiro atoms. The van der Waals surface area contributed by atoms with E-state index in [0.717, 1.165) is 16.0 Å². The molecular formula is C24H17NO6. The highest BCUT2D eigenvalue weighted by molar-refractivity contribution is 6.34. The summed E-state index contributed by atoms with van der Waals surface area (Å²) in [4.78, 5) is 49.9. The molecule has 0 aromatic heterocycles. The van der Waals surface area contributed by atoms with Gasteiger partial charge in [-0.25, -0.2) is 14.5 Å². The van der Waals surface area contributed by atoms with Crippen LogP contribution >= 0.6 is 0 Å². The van der Waals surface area contributed by atoms with E-state index in [0.29, 0.717) is 5.75 Å². The van der Waals surface area contributed by atoms with E-state index in [-0.39, 0.29) is 27.9 Å². The number of carbonyl (C=O) groups is 4. The van der Waals surface area contributed by atoms with Crippen LogP contribution in [0.2, 0.25) is 0 Å². The molecule has 154 valence electrons. The number of anilines is 1. The molecule has 0 unspecified atom stereocenters. The number of hydrogen-bond donors (Lipinski definition) is 1. The minimum atomic E-state index is -1.19. The van der Waals surface area contributed by atoms with Crippen LogP contribution in [-0.4, -0.2) is 28.9 Å². The van der Waals surface area contributed by atoms with Crippen molar-refractivity contribution in [3.05, 3.63) is 94.0 Å². The predicted octanol–water partition coefficient (Wildman–Crippen LogP) is 4.02. The maximum absolute atomic E-state index is 12.7. The van der Waals surface area contributed by atoms with Gasteiger partial charge in [-0.3, -0.25) is 9.59 Å². The second kappa shape index (κ2) is 7.53. The number of benzene rings is 3. The second-order valence-electron chi connectivity index (χ2n) is 7.19. The molecule has 4 rings (SSSR count). The minimum absolute atomic E-state index is 0.0307. The van der Waals surface area contributed by atoms with Gasteiger partial charge < -0.3 is 9.84 Å². The highest BCUT2D eigenvalue weighted by atomic mass is 16.5. The van der Waals surface area contributed by atoms with Crippen molar-refractivity contribution >= 4 is 29.4 Å². The molecule has 3 aromatic carbocycles. The molecule has 0 bridgehead atoms. The van der Waals surface area contributed by atoms with Gasteiger partial charge in [-0.1, -0.05) is 6.07 Å². The Hall–Kier alpha value is -4.26. The summed E-state index contributed by atoms with van der Waals surface area (Å²) < 4.78 is 5.39. The van der Waals surface area contributed by atoms with Gasteiger partial charge in [0.15, 0.2) is 0 Å². The highest BCUT2D eigenvalue weighted by Gasteiger charge is 2.37. The molecular weight excluding hydrogens is 398 g/mol. The van der Waals surface area contributed by atoms with Gasteiger partial charge in [-0.05, 0) is 79.6 Å². The summed E-state index contributed by atoms with van der Waals surface area (Å²) in [5, 5.41) is 9.11. The van der Waals surface area contributed by atoms with Crippen molar-refractivity contribution in [2.24, 2.45) is 0 Å². The quantitative estimate of drug-likeness (QED) is 0.392. The lowest BCUT2D eigenvalue weighted by molar-refractivity contribution is 0.0694. The highest BCUT2D eigenvalue weighted by Crippen LogP contribution is 2.29. The Labute approximate surface area is 177 Å². The van der Waals surface area contributed by atoms with Gasteiger partial charge in [-0.15, -0.1) is 0 Å². The number of aromatic carboxylic acids is 1. The number of ether oxygens (including phenoxy) is 1. The maximum Gasteiger partial charge on any atom is 0.343 e.